The number of phenols is 1. The Balaban J connectivity index is 1.87. The van der Waals surface area contributed by atoms with Gasteiger partial charge in [-0.15, -0.1) is 0 Å². The maximum Gasteiger partial charge on any atom is 0.267 e. The molecule has 0 radical (unpaired) electrons. The number of hydrogen-bond donors (Lipinski definition) is 4. The van der Waals surface area contributed by atoms with E-state index in [4.69, 9.17) is 0 Å². The van der Waals surface area contributed by atoms with Crippen molar-refractivity contribution < 1.29 is 33.4 Å². The van der Waals surface area contributed by atoms with Crippen LogP contribution in [0.4, 0.5) is 8.78 Å². The number of alkyl halides is 2. The first-order chi connectivity index (χ1) is 17.0. The van der Waals surface area contributed by atoms with Gasteiger partial charge in [0.1, 0.15) is 11.8 Å². The van der Waals surface area contributed by atoms with Gasteiger partial charge in [-0.25, -0.2) is 8.78 Å². The predicted octanol–water partition coefficient (Wildman–Crippen LogP) is 2.17. The van der Waals surface area contributed by atoms with Crippen molar-refractivity contribution in [2.24, 2.45) is 0 Å². The molecule has 3 unspecified atom stereocenters. The van der Waals surface area contributed by atoms with E-state index in [1.54, 1.807) is 44.2 Å². The van der Waals surface area contributed by atoms with Gasteiger partial charge in [-0.1, -0.05) is 43.3 Å². The Morgan fingerprint density at radius 3 is 2.50 bits per heavy atom. The minimum atomic E-state index is -3.29. The number of amides is 3. The molecule has 8 nitrogen and oxygen atoms in total. The number of phenolic OH excluding ortho intramolecular Hbond substituents is 1. The third kappa shape index (κ3) is 6.37. The van der Waals surface area contributed by atoms with Crippen molar-refractivity contribution in [1.82, 2.24) is 15.5 Å². The normalized spacial score (nSPS) is 18.4. The lowest BCUT2D eigenvalue weighted by atomic mass is 9.98. The van der Waals surface area contributed by atoms with E-state index in [0.717, 1.165) is 0 Å². The fraction of sp³-hybridized carbons (Fsp3) is 0.423. The second-order valence-corrected chi connectivity index (χ2v) is 9.00. The largest absolute Gasteiger partial charge is 0.508 e. The van der Waals surface area contributed by atoms with Crippen molar-refractivity contribution in [3.63, 3.8) is 0 Å². The second kappa shape index (κ2) is 11.5. The molecule has 0 aromatic heterocycles. The van der Waals surface area contributed by atoms with E-state index in [0.29, 0.717) is 22.4 Å². The van der Waals surface area contributed by atoms with Gasteiger partial charge in [0.2, 0.25) is 5.91 Å². The number of likely N-dealkylation sites (tertiary alicyclic amines) is 1. The Kier molecular flexibility index (Phi) is 8.62. The van der Waals surface area contributed by atoms with E-state index in [9.17, 15) is 33.4 Å². The van der Waals surface area contributed by atoms with E-state index >= 15 is 0 Å². The van der Waals surface area contributed by atoms with Gasteiger partial charge in [0.25, 0.3) is 17.7 Å². The van der Waals surface area contributed by atoms with E-state index in [-0.39, 0.29) is 24.3 Å². The Hall–Kier alpha value is -3.53. The summed E-state index contributed by atoms with van der Waals surface area (Å²) in [5, 5.41) is 26.1. The van der Waals surface area contributed by atoms with Gasteiger partial charge in [0.05, 0.1) is 12.6 Å². The standard InChI is InChI=1S/C26H31F2N3O5/c1-3-12-29-24(35)20-14-26(27,28)15-31(20)25(36)22(33)19(13-17-8-5-4-6-9-17)30-23(34)18-10-7-11-21(32)16(18)2/h4-11,19-20,22,32-33H,3,12-15H2,1-2H3,(H,29,35)(H,30,34). The SMILES string of the molecule is CCCNC(=O)C1CC(F)(F)CN1C(=O)C(O)C(Cc1ccccc1)NC(=O)c1cccc(O)c1C. The number of benzene rings is 2. The fourth-order valence-electron chi connectivity index (χ4n) is 4.22. The van der Waals surface area contributed by atoms with Crippen LogP contribution in [0.15, 0.2) is 48.5 Å². The van der Waals surface area contributed by atoms with Crippen LogP contribution >= 0.6 is 0 Å². The molecular formula is C26H31F2N3O5. The molecular weight excluding hydrogens is 472 g/mol. The average molecular weight is 504 g/mol. The molecule has 2 aromatic rings. The quantitative estimate of drug-likeness (QED) is 0.418. The Morgan fingerprint density at radius 1 is 1.14 bits per heavy atom. The highest BCUT2D eigenvalue weighted by molar-refractivity contribution is 5.97. The number of aliphatic hydroxyl groups excluding tert-OH is 1. The van der Waals surface area contributed by atoms with Crippen LogP contribution in [-0.2, 0) is 16.0 Å². The summed E-state index contributed by atoms with van der Waals surface area (Å²) in [6.07, 6.45) is -2.14. The van der Waals surface area contributed by atoms with Crippen molar-refractivity contribution in [2.45, 2.75) is 57.2 Å². The van der Waals surface area contributed by atoms with Crippen LogP contribution in [0.25, 0.3) is 0 Å². The summed E-state index contributed by atoms with van der Waals surface area (Å²) in [6.45, 7) is 2.61. The van der Waals surface area contributed by atoms with E-state index in [1.807, 2.05) is 0 Å². The molecule has 4 N–H and O–H groups in total. The molecule has 3 atom stereocenters. The number of aliphatic hydroxyl groups is 1. The Bertz CT molecular complexity index is 1100. The Morgan fingerprint density at radius 2 is 1.83 bits per heavy atom. The molecule has 0 aliphatic carbocycles. The van der Waals surface area contributed by atoms with Crippen molar-refractivity contribution in [3.8, 4) is 5.75 Å². The highest BCUT2D eigenvalue weighted by Crippen LogP contribution is 2.33. The van der Waals surface area contributed by atoms with E-state index in [2.05, 4.69) is 10.6 Å². The summed E-state index contributed by atoms with van der Waals surface area (Å²) >= 11 is 0. The third-order valence-electron chi connectivity index (χ3n) is 6.20. The first-order valence-electron chi connectivity index (χ1n) is 11.8. The van der Waals surface area contributed by atoms with Gasteiger partial charge >= 0.3 is 0 Å². The predicted molar refractivity (Wildman–Crippen MR) is 129 cm³/mol. The molecule has 3 amide bonds. The molecule has 10 heteroatoms. The summed E-state index contributed by atoms with van der Waals surface area (Å²) in [4.78, 5) is 39.5. The summed E-state index contributed by atoms with van der Waals surface area (Å²) in [5.74, 6) is -5.83. The first kappa shape index (κ1) is 27.1. The molecule has 36 heavy (non-hydrogen) atoms. The van der Waals surface area contributed by atoms with Crippen LogP contribution in [0, 0.1) is 6.92 Å². The van der Waals surface area contributed by atoms with Crippen molar-refractivity contribution >= 4 is 17.7 Å². The number of nitrogens with one attached hydrogen (secondary N) is 2. The lowest BCUT2D eigenvalue weighted by Crippen LogP contribution is -2.56. The number of nitrogens with zero attached hydrogens (tertiary/aromatic N) is 1. The number of halogens is 2. The fourth-order valence-corrected chi connectivity index (χ4v) is 4.22. The molecule has 3 rings (SSSR count). The van der Waals surface area contributed by atoms with Crippen LogP contribution in [-0.4, -0.2) is 70.0 Å². The summed E-state index contributed by atoms with van der Waals surface area (Å²) < 4.78 is 28.5. The highest BCUT2D eigenvalue weighted by Gasteiger charge is 2.51. The molecule has 1 heterocycles. The minimum absolute atomic E-state index is 0.0221. The smallest absolute Gasteiger partial charge is 0.267 e. The number of rotatable bonds is 9. The van der Waals surface area contributed by atoms with Gasteiger partial charge in [0.15, 0.2) is 6.10 Å². The van der Waals surface area contributed by atoms with Gasteiger partial charge < -0.3 is 25.7 Å². The Labute approximate surface area is 208 Å². The van der Waals surface area contributed by atoms with E-state index < -0.39 is 54.8 Å². The van der Waals surface area contributed by atoms with Crippen LogP contribution in [0.1, 0.15) is 41.3 Å². The molecule has 0 saturated carbocycles. The van der Waals surface area contributed by atoms with Crippen LogP contribution in [0.5, 0.6) is 5.75 Å². The molecule has 1 aliphatic heterocycles. The number of carbonyl (C=O) groups is 3. The lowest BCUT2D eigenvalue weighted by molar-refractivity contribution is -0.147. The summed E-state index contributed by atoms with van der Waals surface area (Å²) in [5.41, 5.74) is 1.13. The monoisotopic (exact) mass is 503 g/mol. The van der Waals surface area contributed by atoms with Crippen molar-refractivity contribution in [3.05, 3.63) is 65.2 Å². The second-order valence-electron chi connectivity index (χ2n) is 9.00. The summed E-state index contributed by atoms with van der Waals surface area (Å²) in [7, 11) is 0. The number of aromatic hydroxyl groups is 1. The molecule has 1 aliphatic rings. The zero-order valence-corrected chi connectivity index (χ0v) is 20.2. The minimum Gasteiger partial charge on any atom is -0.508 e. The van der Waals surface area contributed by atoms with Crippen LogP contribution < -0.4 is 10.6 Å². The molecule has 2 aromatic carbocycles. The van der Waals surface area contributed by atoms with Crippen LogP contribution in [0.2, 0.25) is 0 Å². The molecule has 1 fully saturated rings. The van der Waals surface area contributed by atoms with Crippen LogP contribution in [0.3, 0.4) is 0 Å². The summed E-state index contributed by atoms with van der Waals surface area (Å²) in [6, 6.07) is 10.5. The van der Waals surface area contributed by atoms with Gasteiger partial charge in [-0.05, 0) is 37.5 Å². The van der Waals surface area contributed by atoms with E-state index in [1.165, 1.54) is 18.2 Å². The zero-order chi connectivity index (χ0) is 26.5. The highest BCUT2D eigenvalue weighted by atomic mass is 19.3. The van der Waals surface area contributed by atoms with Gasteiger partial charge in [-0.3, -0.25) is 14.4 Å². The maximum atomic E-state index is 14.3. The third-order valence-corrected chi connectivity index (χ3v) is 6.20. The van der Waals surface area contributed by atoms with Gasteiger partial charge in [-0.2, -0.15) is 0 Å². The van der Waals surface area contributed by atoms with Crippen molar-refractivity contribution in [2.75, 3.05) is 13.1 Å². The topological polar surface area (TPSA) is 119 Å². The van der Waals surface area contributed by atoms with Gasteiger partial charge in [0, 0.05) is 24.1 Å². The lowest BCUT2D eigenvalue weighted by Gasteiger charge is -2.30. The van der Waals surface area contributed by atoms with Crippen molar-refractivity contribution in [1.29, 1.82) is 0 Å². The maximum absolute atomic E-state index is 14.3. The molecule has 0 bridgehead atoms. The molecule has 1 saturated heterocycles. The average Bonchev–Trinajstić information content (AvgIpc) is 3.18. The molecule has 194 valence electrons. The first-order valence-corrected chi connectivity index (χ1v) is 11.8. The molecule has 0 spiro atoms. The number of hydrogen-bond acceptors (Lipinski definition) is 5. The zero-order valence-electron chi connectivity index (χ0n) is 20.2. The number of carbonyl (C=O) groups excluding carboxylic acids is 3.